The summed E-state index contributed by atoms with van der Waals surface area (Å²) in [4.78, 5) is 42.1. The lowest BCUT2D eigenvalue weighted by molar-refractivity contribution is -0.141. The van der Waals surface area contributed by atoms with Crippen molar-refractivity contribution in [2.45, 2.75) is 32.7 Å². The molecule has 4 aromatic rings. The van der Waals surface area contributed by atoms with Crippen LogP contribution in [0.15, 0.2) is 77.8 Å². The molecule has 0 saturated heterocycles. The predicted molar refractivity (Wildman–Crippen MR) is 137 cm³/mol. The molecule has 2 N–H and O–H groups in total. The van der Waals surface area contributed by atoms with Gasteiger partial charge in [-0.15, -0.1) is 0 Å². The molecule has 1 aromatic heterocycles. The number of fused-ring (bicyclic) bond motifs is 1. The van der Waals surface area contributed by atoms with Crippen molar-refractivity contribution in [1.82, 2.24) is 4.57 Å². The van der Waals surface area contributed by atoms with Crippen LogP contribution >= 0.6 is 11.3 Å². The quantitative estimate of drug-likeness (QED) is 0.384. The summed E-state index contributed by atoms with van der Waals surface area (Å²) in [6.07, 6.45) is 0.526. The van der Waals surface area contributed by atoms with Crippen LogP contribution in [0.4, 0.5) is 5.69 Å². The number of carbonyl (C=O) groups is 3. The number of nitrogens with zero attached hydrogens (tertiary/aromatic N) is 2. The Kier molecular flexibility index (Phi) is 7.22. The fourth-order valence-corrected chi connectivity index (χ4v) is 4.85. The minimum absolute atomic E-state index is 0.179. The number of anilines is 1. The van der Waals surface area contributed by atoms with E-state index in [4.69, 9.17) is 0 Å². The highest BCUT2D eigenvalue weighted by Gasteiger charge is 2.22. The van der Waals surface area contributed by atoms with Gasteiger partial charge in [-0.1, -0.05) is 66.3 Å². The van der Waals surface area contributed by atoms with Crippen molar-refractivity contribution in [3.05, 3.63) is 94.3 Å². The van der Waals surface area contributed by atoms with Gasteiger partial charge in [0.15, 0.2) is 4.80 Å². The Hall–Kier alpha value is -4.04. The molecule has 0 aliphatic carbocycles. The van der Waals surface area contributed by atoms with Crippen LogP contribution in [0.1, 0.15) is 40.9 Å². The Morgan fingerprint density at radius 1 is 1.03 bits per heavy atom. The van der Waals surface area contributed by atoms with Crippen LogP contribution in [-0.2, 0) is 16.0 Å². The Labute approximate surface area is 206 Å². The van der Waals surface area contributed by atoms with Crippen molar-refractivity contribution < 1.29 is 19.5 Å². The van der Waals surface area contributed by atoms with E-state index in [2.05, 4.69) is 10.3 Å². The molecular formula is C27H25N3O4S. The van der Waals surface area contributed by atoms with Gasteiger partial charge in [0, 0.05) is 11.3 Å². The molecule has 0 fully saturated rings. The number of benzene rings is 3. The summed E-state index contributed by atoms with van der Waals surface area (Å²) in [7, 11) is 0. The normalized spacial score (nSPS) is 12.5. The van der Waals surface area contributed by atoms with Gasteiger partial charge in [-0.3, -0.25) is 9.59 Å². The zero-order chi connectivity index (χ0) is 24.9. The van der Waals surface area contributed by atoms with E-state index in [0.29, 0.717) is 28.0 Å². The molecule has 0 saturated carbocycles. The maximum absolute atomic E-state index is 12.8. The maximum atomic E-state index is 12.8. The average Bonchev–Trinajstić information content (AvgIpc) is 3.17. The highest BCUT2D eigenvalue weighted by molar-refractivity contribution is 7.16. The van der Waals surface area contributed by atoms with Gasteiger partial charge >= 0.3 is 5.97 Å². The van der Waals surface area contributed by atoms with Crippen molar-refractivity contribution in [2.24, 2.45) is 4.99 Å². The fourth-order valence-electron chi connectivity index (χ4n) is 3.80. The summed E-state index contributed by atoms with van der Waals surface area (Å²) in [5.41, 5.74) is 3.48. The first-order chi connectivity index (χ1) is 16.9. The fraction of sp³-hybridized carbons (Fsp3) is 0.185. The number of aryl methyl sites for hydroxylation is 1. The number of amides is 2. The van der Waals surface area contributed by atoms with Crippen LogP contribution in [-0.4, -0.2) is 27.5 Å². The number of thiazole rings is 1. The molecule has 8 heteroatoms. The van der Waals surface area contributed by atoms with Gasteiger partial charge < -0.3 is 15.0 Å². The zero-order valence-electron chi connectivity index (χ0n) is 19.4. The lowest BCUT2D eigenvalue weighted by Crippen LogP contribution is -2.27. The van der Waals surface area contributed by atoms with E-state index in [0.717, 1.165) is 15.8 Å². The summed E-state index contributed by atoms with van der Waals surface area (Å²) in [5.74, 6) is -1.64. The first kappa shape index (κ1) is 24.1. The lowest BCUT2D eigenvalue weighted by atomic mass is 10.1. The number of aromatic nitrogens is 1. The largest absolute Gasteiger partial charge is 0.480 e. The van der Waals surface area contributed by atoms with Gasteiger partial charge in [0.1, 0.15) is 6.04 Å². The molecular weight excluding hydrogens is 462 g/mol. The molecule has 2 amide bonds. The van der Waals surface area contributed by atoms with Crippen LogP contribution < -0.4 is 10.1 Å². The molecule has 1 heterocycles. The first-order valence-corrected chi connectivity index (χ1v) is 12.0. The third kappa shape index (κ3) is 5.55. The molecule has 0 bridgehead atoms. The maximum Gasteiger partial charge on any atom is 0.326 e. The molecule has 3 aromatic carbocycles. The smallest absolute Gasteiger partial charge is 0.326 e. The second kappa shape index (κ2) is 10.5. The minimum Gasteiger partial charge on any atom is -0.480 e. The van der Waals surface area contributed by atoms with Crippen molar-refractivity contribution in [2.75, 3.05) is 5.32 Å². The topological polar surface area (TPSA) is 101 Å². The lowest BCUT2D eigenvalue weighted by Gasteiger charge is -2.14. The molecule has 0 aliphatic heterocycles. The number of hydrogen-bond acceptors (Lipinski definition) is 4. The highest BCUT2D eigenvalue weighted by Crippen LogP contribution is 2.26. The first-order valence-electron chi connectivity index (χ1n) is 11.2. The monoisotopic (exact) mass is 487 g/mol. The molecule has 1 unspecified atom stereocenters. The van der Waals surface area contributed by atoms with E-state index in [-0.39, 0.29) is 12.3 Å². The molecule has 0 radical (unpaired) electrons. The van der Waals surface area contributed by atoms with Crippen molar-refractivity contribution >= 4 is 45.0 Å². The SMILES string of the molecule is CCC(C(=O)O)n1/c(=N/C(=O)c2ccc(C)cc2)sc2ccc(NC(=O)Cc3ccccc3)cc21. The molecule has 35 heavy (non-hydrogen) atoms. The Morgan fingerprint density at radius 2 is 1.74 bits per heavy atom. The summed E-state index contributed by atoms with van der Waals surface area (Å²) in [6, 6.07) is 20.9. The summed E-state index contributed by atoms with van der Waals surface area (Å²) in [6.45, 7) is 3.70. The summed E-state index contributed by atoms with van der Waals surface area (Å²) >= 11 is 1.24. The summed E-state index contributed by atoms with van der Waals surface area (Å²) < 4.78 is 2.34. The summed E-state index contributed by atoms with van der Waals surface area (Å²) in [5, 5.41) is 12.8. The van der Waals surface area contributed by atoms with Gasteiger partial charge in [-0.25, -0.2) is 4.79 Å². The highest BCUT2D eigenvalue weighted by atomic mass is 32.1. The number of nitrogens with one attached hydrogen (secondary N) is 1. The Balaban J connectivity index is 1.74. The molecule has 0 spiro atoms. The number of carbonyl (C=O) groups excluding carboxylic acids is 2. The Morgan fingerprint density at radius 3 is 2.40 bits per heavy atom. The van der Waals surface area contributed by atoms with E-state index in [1.165, 1.54) is 11.3 Å². The van der Waals surface area contributed by atoms with Gasteiger partial charge in [0.2, 0.25) is 5.91 Å². The van der Waals surface area contributed by atoms with Gasteiger partial charge in [-0.2, -0.15) is 4.99 Å². The average molecular weight is 488 g/mol. The number of carboxylic acid groups (broad SMARTS) is 1. The van der Waals surface area contributed by atoms with Gasteiger partial charge in [0.05, 0.1) is 16.6 Å². The van der Waals surface area contributed by atoms with E-state index in [1.807, 2.05) is 49.4 Å². The molecule has 7 nitrogen and oxygen atoms in total. The second-order valence-electron chi connectivity index (χ2n) is 8.19. The molecule has 0 aliphatic rings. The molecule has 1 atom stereocenters. The third-order valence-corrected chi connectivity index (χ3v) is 6.63. The molecule has 4 rings (SSSR count). The van der Waals surface area contributed by atoms with Crippen molar-refractivity contribution in [1.29, 1.82) is 0 Å². The van der Waals surface area contributed by atoms with Gasteiger partial charge in [0.25, 0.3) is 5.91 Å². The van der Waals surface area contributed by atoms with Crippen molar-refractivity contribution in [3.63, 3.8) is 0 Å². The number of hydrogen-bond donors (Lipinski definition) is 2. The van der Waals surface area contributed by atoms with Crippen molar-refractivity contribution in [3.8, 4) is 0 Å². The van der Waals surface area contributed by atoms with E-state index in [9.17, 15) is 19.5 Å². The Bertz CT molecular complexity index is 1450. The second-order valence-corrected chi connectivity index (χ2v) is 9.20. The van der Waals surface area contributed by atoms with Crippen LogP contribution in [0.25, 0.3) is 10.2 Å². The van der Waals surface area contributed by atoms with E-state index < -0.39 is 17.9 Å². The van der Waals surface area contributed by atoms with Crippen LogP contribution in [0.2, 0.25) is 0 Å². The number of rotatable bonds is 7. The molecule has 178 valence electrons. The van der Waals surface area contributed by atoms with Crippen LogP contribution in [0, 0.1) is 6.92 Å². The van der Waals surface area contributed by atoms with E-state index >= 15 is 0 Å². The standard InChI is InChI=1S/C27H25N3O4S/c1-3-21(26(33)34)30-22-16-20(28-24(31)15-18-7-5-4-6-8-18)13-14-23(22)35-27(30)29-25(32)19-11-9-17(2)10-12-19/h4-14,16,21H,3,15H2,1-2H3,(H,28,31)(H,33,34)/b29-27-. The van der Waals surface area contributed by atoms with Gasteiger partial charge in [-0.05, 0) is 49.2 Å². The minimum atomic E-state index is -1.02. The third-order valence-electron chi connectivity index (χ3n) is 5.60. The number of carboxylic acids is 1. The van der Waals surface area contributed by atoms with Crippen LogP contribution in [0.3, 0.4) is 0 Å². The zero-order valence-corrected chi connectivity index (χ0v) is 20.2. The van der Waals surface area contributed by atoms with Crippen LogP contribution in [0.5, 0.6) is 0 Å². The predicted octanol–water partition coefficient (Wildman–Crippen LogP) is 4.97. The number of aliphatic carboxylic acids is 1. The van der Waals surface area contributed by atoms with E-state index in [1.54, 1.807) is 41.8 Å².